The zero-order chi connectivity index (χ0) is 9.11. The summed E-state index contributed by atoms with van der Waals surface area (Å²) in [6, 6.07) is 0. The second-order valence-corrected chi connectivity index (χ2v) is 2.36. The Morgan fingerprint density at radius 1 is 0.909 bits per heavy atom. The maximum atomic E-state index is 7.00. The molecule has 1 N–H and O–H groups in total. The zero-order valence-corrected chi connectivity index (χ0v) is 8.43. The van der Waals surface area contributed by atoms with Gasteiger partial charge in [0.2, 0.25) is 0 Å². The molecule has 0 saturated carbocycles. The molecule has 2 heteroatoms. The van der Waals surface area contributed by atoms with E-state index in [0.717, 1.165) is 7.11 Å². The summed E-state index contributed by atoms with van der Waals surface area (Å²) in [6.07, 6.45) is 4.28. The molecule has 70 valence electrons. The summed E-state index contributed by atoms with van der Waals surface area (Å²) in [5.74, 6) is 0. The molecular weight excluding hydrogens is 138 g/mol. The summed E-state index contributed by atoms with van der Waals surface area (Å²) in [7, 11) is 3.19. The Morgan fingerprint density at radius 3 is 1.45 bits per heavy atom. The van der Waals surface area contributed by atoms with Crippen LogP contribution in [0.5, 0.6) is 0 Å². The van der Waals surface area contributed by atoms with Crippen molar-refractivity contribution in [1.82, 2.24) is 4.90 Å². The zero-order valence-electron chi connectivity index (χ0n) is 8.43. The Labute approximate surface area is 71.2 Å². The van der Waals surface area contributed by atoms with Crippen LogP contribution < -0.4 is 0 Å². The largest absolute Gasteiger partial charge is 0.400 e. The molecule has 0 aromatic rings. The number of rotatable bonds is 0. The molecule has 11 heavy (non-hydrogen) atoms. The predicted octanol–water partition coefficient (Wildman–Crippen LogP) is 1.74. The van der Waals surface area contributed by atoms with E-state index in [1.165, 1.54) is 32.4 Å². The number of aliphatic hydroxyl groups is 1. The number of hydrogen-bond donors (Lipinski definition) is 1. The van der Waals surface area contributed by atoms with Gasteiger partial charge >= 0.3 is 0 Å². The molecule has 0 unspecified atom stereocenters. The second-order valence-electron chi connectivity index (χ2n) is 2.36. The number of piperidine rings is 1. The first kappa shape index (κ1) is 13.5. The van der Waals surface area contributed by atoms with Crippen molar-refractivity contribution in [2.45, 2.75) is 33.1 Å². The molecule has 2 nitrogen and oxygen atoms in total. The topological polar surface area (TPSA) is 23.5 Å². The maximum absolute atomic E-state index is 7.00. The van der Waals surface area contributed by atoms with Crippen LogP contribution in [0.3, 0.4) is 0 Å². The van der Waals surface area contributed by atoms with Crippen LogP contribution in [0.2, 0.25) is 0 Å². The van der Waals surface area contributed by atoms with Crippen molar-refractivity contribution < 1.29 is 5.11 Å². The minimum absolute atomic E-state index is 1.00. The highest BCUT2D eigenvalue weighted by Gasteiger charge is 2.02. The Balaban J connectivity index is 0. The highest BCUT2D eigenvalue weighted by Crippen LogP contribution is 2.04. The normalized spacial score (nSPS) is 17.2. The van der Waals surface area contributed by atoms with Crippen molar-refractivity contribution in [3.63, 3.8) is 0 Å². The summed E-state index contributed by atoms with van der Waals surface area (Å²) in [5.41, 5.74) is 0. The molecule has 0 amide bonds. The fraction of sp³-hybridized carbons (Fsp3) is 1.00. The van der Waals surface area contributed by atoms with Crippen molar-refractivity contribution in [1.29, 1.82) is 0 Å². The lowest BCUT2D eigenvalue weighted by Gasteiger charge is -2.20. The first-order valence-corrected chi connectivity index (χ1v) is 4.53. The standard InChI is InChI=1S/C6H13N.C2H6.CH4O/c1-7-5-3-2-4-6-7;2*1-2/h2-6H2,1H3;1-2H3;2H,1H3. The highest BCUT2D eigenvalue weighted by atomic mass is 16.2. The predicted molar refractivity (Wildman–Crippen MR) is 50.8 cm³/mol. The van der Waals surface area contributed by atoms with Gasteiger partial charge in [0, 0.05) is 7.11 Å². The molecule has 1 saturated heterocycles. The quantitative estimate of drug-likeness (QED) is 0.585. The molecule has 0 radical (unpaired) electrons. The van der Waals surface area contributed by atoms with Gasteiger partial charge < -0.3 is 10.0 Å². The van der Waals surface area contributed by atoms with Crippen LogP contribution >= 0.6 is 0 Å². The molecule has 0 bridgehead atoms. The fourth-order valence-corrected chi connectivity index (χ4v) is 1.05. The Morgan fingerprint density at radius 2 is 1.27 bits per heavy atom. The average molecular weight is 161 g/mol. The third-order valence-electron chi connectivity index (χ3n) is 1.58. The lowest BCUT2D eigenvalue weighted by molar-refractivity contribution is 0.277. The van der Waals surface area contributed by atoms with E-state index >= 15 is 0 Å². The van der Waals surface area contributed by atoms with Gasteiger partial charge in [0.05, 0.1) is 0 Å². The smallest absolute Gasteiger partial charge is 0.0319 e. The van der Waals surface area contributed by atoms with E-state index in [-0.39, 0.29) is 0 Å². The molecule has 1 heterocycles. The van der Waals surface area contributed by atoms with Crippen LogP contribution in [-0.2, 0) is 0 Å². The van der Waals surface area contributed by atoms with Gasteiger partial charge in [0.1, 0.15) is 0 Å². The van der Waals surface area contributed by atoms with E-state index in [1.807, 2.05) is 13.8 Å². The number of aliphatic hydroxyl groups excluding tert-OH is 1. The first-order valence-electron chi connectivity index (χ1n) is 4.53. The minimum Gasteiger partial charge on any atom is -0.400 e. The van der Waals surface area contributed by atoms with Crippen molar-refractivity contribution >= 4 is 0 Å². The lowest BCUT2D eigenvalue weighted by atomic mass is 10.1. The van der Waals surface area contributed by atoms with Crippen LogP contribution in [0.25, 0.3) is 0 Å². The summed E-state index contributed by atoms with van der Waals surface area (Å²) >= 11 is 0. The van der Waals surface area contributed by atoms with E-state index in [4.69, 9.17) is 5.11 Å². The molecule has 1 aliphatic heterocycles. The van der Waals surface area contributed by atoms with Crippen LogP contribution in [0.1, 0.15) is 33.1 Å². The van der Waals surface area contributed by atoms with E-state index in [9.17, 15) is 0 Å². The van der Waals surface area contributed by atoms with Crippen molar-refractivity contribution in [2.24, 2.45) is 0 Å². The molecule has 0 aromatic carbocycles. The average Bonchev–Trinajstić information content (AvgIpc) is 2.13. The fourth-order valence-electron chi connectivity index (χ4n) is 1.05. The summed E-state index contributed by atoms with van der Waals surface area (Å²) in [4.78, 5) is 2.39. The Bertz CT molecular complexity index is 51.5. The second kappa shape index (κ2) is 12.6. The van der Waals surface area contributed by atoms with E-state index in [1.54, 1.807) is 0 Å². The number of hydrogen-bond acceptors (Lipinski definition) is 2. The van der Waals surface area contributed by atoms with Crippen LogP contribution in [0.4, 0.5) is 0 Å². The van der Waals surface area contributed by atoms with Gasteiger partial charge in [-0.05, 0) is 33.0 Å². The molecule has 0 aromatic heterocycles. The van der Waals surface area contributed by atoms with Crippen molar-refractivity contribution in [3.8, 4) is 0 Å². The first-order chi connectivity index (χ1) is 5.39. The summed E-state index contributed by atoms with van der Waals surface area (Å²) in [5, 5.41) is 7.00. The lowest BCUT2D eigenvalue weighted by Crippen LogP contribution is -2.24. The number of likely N-dealkylation sites (tertiary alicyclic amines) is 1. The van der Waals surface area contributed by atoms with Gasteiger partial charge in [0.25, 0.3) is 0 Å². The third-order valence-corrected chi connectivity index (χ3v) is 1.58. The van der Waals surface area contributed by atoms with Gasteiger partial charge in [-0.2, -0.15) is 0 Å². The SMILES string of the molecule is CC.CN1CCCCC1.CO. The Kier molecular flexibility index (Phi) is 15.4. The van der Waals surface area contributed by atoms with Gasteiger partial charge in [-0.15, -0.1) is 0 Å². The van der Waals surface area contributed by atoms with Crippen LogP contribution in [0.15, 0.2) is 0 Å². The molecular formula is C9H23NO. The molecule has 0 aliphatic carbocycles. The highest BCUT2D eigenvalue weighted by molar-refractivity contribution is 4.58. The van der Waals surface area contributed by atoms with Gasteiger partial charge in [-0.25, -0.2) is 0 Å². The van der Waals surface area contributed by atoms with Crippen molar-refractivity contribution in [3.05, 3.63) is 0 Å². The van der Waals surface area contributed by atoms with Gasteiger partial charge in [-0.1, -0.05) is 20.3 Å². The molecule has 1 rings (SSSR count). The number of nitrogens with zero attached hydrogens (tertiary/aromatic N) is 1. The molecule has 0 atom stereocenters. The van der Waals surface area contributed by atoms with Gasteiger partial charge in [0.15, 0.2) is 0 Å². The van der Waals surface area contributed by atoms with Crippen LogP contribution in [-0.4, -0.2) is 37.3 Å². The van der Waals surface area contributed by atoms with Crippen molar-refractivity contribution in [2.75, 3.05) is 27.2 Å². The third kappa shape index (κ3) is 9.92. The van der Waals surface area contributed by atoms with Crippen LogP contribution in [0, 0.1) is 0 Å². The summed E-state index contributed by atoms with van der Waals surface area (Å²) < 4.78 is 0. The molecule has 0 spiro atoms. The monoisotopic (exact) mass is 161 g/mol. The van der Waals surface area contributed by atoms with E-state index in [0.29, 0.717) is 0 Å². The van der Waals surface area contributed by atoms with E-state index < -0.39 is 0 Å². The Hall–Kier alpha value is -0.0800. The van der Waals surface area contributed by atoms with E-state index in [2.05, 4.69) is 11.9 Å². The molecule has 1 fully saturated rings. The summed E-state index contributed by atoms with van der Waals surface area (Å²) in [6.45, 7) is 6.64. The maximum Gasteiger partial charge on any atom is 0.0319 e. The molecule has 1 aliphatic rings. The minimum atomic E-state index is 1.00. The van der Waals surface area contributed by atoms with Gasteiger partial charge in [-0.3, -0.25) is 0 Å².